The Morgan fingerprint density at radius 2 is 1.66 bits per heavy atom. The lowest BCUT2D eigenvalue weighted by Gasteiger charge is -2.33. The van der Waals surface area contributed by atoms with E-state index in [4.69, 9.17) is 0 Å². The van der Waals surface area contributed by atoms with Crippen LogP contribution in [-0.2, 0) is 17.6 Å². The average molecular weight is 431 g/mol. The maximum atomic E-state index is 13.2. The highest BCUT2D eigenvalue weighted by atomic mass is 32.1. The number of hydrogen-bond donors (Lipinski definition) is 3. The van der Waals surface area contributed by atoms with Gasteiger partial charge in [-0.15, -0.1) is 11.3 Å². The number of ketones is 3. The number of aromatic hydroxyl groups is 2. The molecule has 0 saturated carbocycles. The minimum atomic E-state index is -1.78. The molecule has 8 heteroatoms. The molecule has 0 saturated heterocycles. The lowest BCUT2D eigenvalue weighted by atomic mass is 9.74. The van der Waals surface area contributed by atoms with Gasteiger partial charge in [-0.25, -0.2) is 0 Å². The predicted octanol–water partition coefficient (Wildman–Crippen LogP) is 2.29. The summed E-state index contributed by atoms with van der Waals surface area (Å²) < 4.78 is 0.992. The maximum Gasteiger partial charge on any atom is 0.208 e. The van der Waals surface area contributed by atoms with Gasteiger partial charge in [0.15, 0.2) is 11.6 Å². The fourth-order valence-corrected chi connectivity index (χ4v) is 7.05. The van der Waals surface area contributed by atoms with Gasteiger partial charge in [0.25, 0.3) is 0 Å². The summed E-state index contributed by atoms with van der Waals surface area (Å²) in [4.78, 5) is 38.6. The molecule has 0 radical (unpaired) electrons. The second-order valence-electron chi connectivity index (χ2n) is 8.93. The van der Waals surface area contributed by atoms with Gasteiger partial charge in [-0.2, -0.15) is 0 Å². The summed E-state index contributed by atoms with van der Waals surface area (Å²) in [5.74, 6) is -2.17. The Labute approximate surface area is 172 Å². The van der Waals surface area contributed by atoms with Crippen LogP contribution in [0.25, 0.3) is 0 Å². The van der Waals surface area contributed by atoms with Crippen LogP contribution < -0.4 is 4.50 Å². The monoisotopic (exact) mass is 430 g/mol. The zero-order chi connectivity index (χ0) is 21.5. The molecule has 0 amide bonds. The molecular weight excluding hydrogens is 408 g/mol. The molecule has 0 fully saturated rings. The number of thiophene rings is 1. The molecule has 1 aromatic heterocycles. The molecule has 2 aliphatic carbocycles. The Balaban J connectivity index is 1.96. The highest BCUT2D eigenvalue weighted by molar-refractivity contribution is 7.28. The lowest BCUT2D eigenvalue weighted by Crippen LogP contribution is -2.42. The molecule has 3 N–H and O–H groups in total. The third-order valence-electron chi connectivity index (χ3n) is 5.95. The van der Waals surface area contributed by atoms with E-state index in [1.165, 1.54) is 18.3 Å². The van der Waals surface area contributed by atoms with Crippen molar-refractivity contribution in [1.82, 2.24) is 0 Å². The lowest BCUT2D eigenvalue weighted by molar-refractivity contribution is -0.136. The molecule has 2 aliphatic rings. The van der Waals surface area contributed by atoms with E-state index >= 15 is 0 Å². The van der Waals surface area contributed by atoms with Gasteiger partial charge in [0, 0.05) is 23.1 Å². The normalized spacial score (nSPS) is 20.9. The van der Waals surface area contributed by atoms with Gasteiger partial charge >= 0.3 is 0 Å². The Kier molecular flexibility index (Phi) is 4.21. The van der Waals surface area contributed by atoms with E-state index in [1.807, 2.05) is 0 Å². The number of phenolic OH excluding ortho intramolecular Hbond substituents is 2. The first-order valence-corrected chi connectivity index (χ1v) is 13.7. The summed E-state index contributed by atoms with van der Waals surface area (Å²) in [7, 11) is -1.78. The topological polar surface area (TPSA) is 112 Å². The van der Waals surface area contributed by atoms with Crippen LogP contribution in [0, 0.1) is 0 Å². The quantitative estimate of drug-likeness (QED) is 0.425. The van der Waals surface area contributed by atoms with Crippen LogP contribution >= 0.6 is 11.3 Å². The number of hydrogen-bond acceptors (Lipinski definition) is 7. The molecule has 152 valence electrons. The van der Waals surface area contributed by atoms with Crippen LogP contribution in [0.1, 0.15) is 55.6 Å². The first-order chi connectivity index (χ1) is 13.4. The van der Waals surface area contributed by atoms with E-state index < -0.39 is 36.8 Å². The van der Waals surface area contributed by atoms with Crippen LogP contribution in [0.5, 0.6) is 11.5 Å². The Morgan fingerprint density at radius 1 is 1.07 bits per heavy atom. The number of benzene rings is 1. The SMILES string of the molecule is CC(=O)C1(O)CCc2c(O)c3c(c(O)c2C1)C(=O)c1cc([Si](C)(C)C)sc1C3=O. The summed E-state index contributed by atoms with van der Waals surface area (Å²) in [6.45, 7) is 7.61. The van der Waals surface area contributed by atoms with Gasteiger partial charge in [-0.05, 0) is 30.3 Å². The van der Waals surface area contributed by atoms with Crippen molar-refractivity contribution in [2.45, 2.75) is 51.4 Å². The predicted molar refractivity (Wildman–Crippen MR) is 112 cm³/mol. The van der Waals surface area contributed by atoms with Gasteiger partial charge in [-0.1, -0.05) is 19.6 Å². The molecule has 0 spiro atoms. The van der Waals surface area contributed by atoms with Crippen molar-refractivity contribution in [3.05, 3.63) is 38.8 Å². The number of aliphatic hydroxyl groups is 1. The van der Waals surface area contributed by atoms with Gasteiger partial charge < -0.3 is 15.3 Å². The summed E-state index contributed by atoms with van der Waals surface area (Å²) in [6, 6.07) is 1.73. The summed E-state index contributed by atoms with van der Waals surface area (Å²) >= 11 is 1.29. The Hall–Kier alpha value is -2.29. The van der Waals surface area contributed by atoms with Crippen LogP contribution in [0.2, 0.25) is 19.6 Å². The first-order valence-electron chi connectivity index (χ1n) is 9.43. The Morgan fingerprint density at radius 3 is 2.24 bits per heavy atom. The molecule has 0 bridgehead atoms. The van der Waals surface area contributed by atoms with Gasteiger partial charge in [0.2, 0.25) is 5.78 Å². The molecule has 29 heavy (non-hydrogen) atoms. The van der Waals surface area contributed by atoms with Crippen molar-refractivity contribution in [2.75, 3.05) is 0 Å². The van der Waals surface area contributed by atoms with Crippen molar-refractivity contribution in [1.29, 1.82) is 0 Å². The van der Waals surface area contributed by atoms with Crippen LogP contribution in [0.3, 0.4) is 0 Å². The van der Waals surface area contributed by atoms with E-state index in [1.54, 1.807) is 6.07 Å². The van der Waals surface area contributed by atoms with Crippen molar-refractivity contribution in [3.63, 3.8) is 0 Å². The van der Waals surface area contributed by atoms with Crippen molar-refractivity contribution >= 4 is 41.3 Å². The molecular formula is C21H22O6SSi. The summed E-state index contributed by atoms with van der Waals surface area (Å²) in [5.41, 5.74) is -1.33. The highest BCUT2D eigenvalue weighted by Crippen LogP contribution is 2.47. The zero-order valence-electron chi connectivity index (χ0n) is 16.7. The third kappa shape index (κ3) is 2.73. The van der Waals surface area contributed by atoms with E-state index in [0.29, 0.717) is 10.4 Å². The minimum absolute atomic E-state index is 0.0767. The van der Waals surface area contributed by atoms with Crippen molar-refractivity contribution in [3.8, 4) is 11.5 Å². The zero-order valence-corrected chi connectivity index (χ0v) is 18.5. The smallest absolute Gasteiger partial charge is 0.208 e. The maximum absolute atomic E-state index is 13.2. The molecule has 1 unspecified atom stereocenters. The van der Waals surface area contributed by atoms with E-state index in [9.17, 15) is 29.7 Å². The number of carbonyl (C=O) groups is 3. The number of fused-ring (bicyclic) bond motifs is 3. The van der Waals surface area contributed by atoms with E-state index in [-0.39, 0.29) is 47.3 Å². The molecule has 1 heterocycles. The van der Waals surface area contributed by atoms with Crippen LogP contribution in [0.15, 0.2) is 6.07 Å². The van der Waals surface area contributed by atoms with Gasteiger partial charge in [0.1, 0.15) is 17.1 Å². The van der Waals surface area contributed by atoms with Crippen molar-refractivity contribution < 1.29 is 29.7 Å². The second kappa shape index (κ2) is 6.10. The van der Waals surface area contributed by atoms with Crippen LogP contribution in [-0.4, -0.2) is 46.3 Å². The molecule has 1 atom stereocenters. The molecule has 1 aromatic carbocycles. The number of carbonyl (C=O) groups excluding carboxylic acids is 3. The van der Waals surface area contributed by atoms with Crippen molar-refractivity contribution in [2.24, 2.45) is 0 Å². The number of rotatable bonds is 2. The summed E-state index contributed by atoms with van der Waals surface area (Å²) in [6.07, 6.45) is -0.00719. The first kappa shape index (κ1) is 20.0. The van der Waals surface area contributed by atoms with E-state index in [0.717, 1.165) is 4.50 Å². The number of phenols is 2. The standard InChI is InChI=1S/C21H22O6SSi/c1-9(22)21(27)6-5-10-12(8-21)18(25)14-15(16(10)23)19(26)20-11(17(14)24)7-13(28-20)29(2,3)4/h7,23,25,27H,5-6,8H2,1-4H3. The highest BCUT2D eigenvalue weighted by Gasteiger charge is 2.44. The fourth-order valence-electron chi connectivity index (χ4n) is 4.09. The third-order valence-corrected chi connectivity index (χ3v) is 10.7. The number of Topliss-reactive ketones (excluding diaryl/α,β-unsaturated/α-hetero) is 1. The average Bonchev–Trinajstić information content (AvgIpc) is 3.09. The second-order valence-corrected chi connectivity index (χ2v) is 15.4. The van der Waals surface area contributed by atoms with E-state index in [2.05, 4.69) is 19.6 Å². The Bertz CT molecular complexity index is 1120. The molecule has 6 nitrogen and oxygen atoms in total. The minimum Gasteiger partial charge on any atom is -0.507 e. The van der Waals surface area contributed by atoms with Gasteiger partial charge in [0.05, 0.1) is 24.1 Å². The molecule has 2 aromatic rings. The fraction of sp³-hybridized carbons (Fsp3) is 0.381. The molecule has 4 rings (SSSR count). The largest absolute Gasteiger partial charge is 0.507 e. The van der Waals surface area contributed by atoms with Crippen LogP contribution in [0.4, 0.5) is 0 Å². The summed E-state index contributed by atoms with van der Waals surface area (Å²) in [5, 5.41) is 32.4. The molecule has 0 aliphatic heterocycles. The van der Waals surface area contributed by atoms with Gasteiger partial charge in [-0.3, -0.25) is 14.4 Å².